The molecule has 2 unspecified atom stereocenters. The van der Waals surface area contributed by atoms with Gasteiger partial charge in [-0.3, -0.25) is 0 Å². The van der Waals surface area contributed by atoms with Crippen molar-refractivity contribution in [3.8, 4) is 0 Å². The maximum absolute atomic E-state index is 5.73. The molecule has 94 valence electrons. The van der Waals surface area contributed by atoms with Crippen molar-refractivity contribution in [1.82, 2.24) is 10.2 Å². The van der Waals surface area contributed by atoms with Crippen molar-refractivity contribution in [1.29, 1.82) is 0 Å². The van der Waals surface area contributed by atoms with E-state index in [0.29, 0.717) is 11.5 Å². The van der Waals surface area contributed by atoms with Gasteiger partial charge in [-0.25, -0.2) is 0 Å². The number of hydrogen-bond acceptors (Lipinski definition) is 3. The molecule has 0 aromatic carbocycles. The molecule has 2 atom stereocenters. The SMILES string of the molecule is CCN(CC1CCCO1)CC1(C)CCNC1. The van der Waals surface area contributed by atoms with Crippen LogP contribution in [-0.2, 0) is 4.74 Å². The van der Waals surface area contributed by atoms with Gasteiger partial charge in [0, 0.05) is 26.2 Å². The molecule has 0 aromatic heterocycles. The highest BCUT2D eigenvalue weighted by molar-refractivity contribution is 4.87. The van der Waals surface area contributed by atoms with Crippen molar-refractivity contribution < 1.29 is 4.74 Å². The van der Waals surface area contributed by atoms with E-state index in [9.17, 15) is 0 Å². The zero-order valence-corrected chi connectivity index (χ0v) is 10.8. The minimum atomic E-state index is 0.481. The van der Waals surface area contributed by atoms with E-state index in [2.05, 4.69) is 24.1 Å². The lowest BCUT2D eigenvalue weighted by Crippen LogP contribution is -2.41. The first-order chi connectivity index (χ1) is 7.72. The maximum atomic E-state index is 5.73. The smallest absolute Gasteiger partial charge is 0.0702 e. The van der Waals surface area contributed by atoms with Gasteiger partial charge in [0.05, 0.1) is 6.10 Å². The Morgan fingerprint density at radius 2 is 2.38 bits per heavy atom. The van der Waals surface area contributed by atoms with E-state index < -0.39 is 0 Å². The molecule has 0 aromatic rings. The summed E-state index contributed by atoms with van der Waals surface area (Å²) in [7, 11) is 0. The van der Waals surface area contributed by atoms with Gasteiger partial charge in [-0.1, -0.05) is 13.8 Å². The standard InChI is InChI=1S/C13H26N2O/c1-3-15(9-12-5-4-8-16-12)11-13(2)6-7-14-10-13/h12,14H,3-11H2,1-2H3. The third-order valence-electron chi connectivity index (χ3n) is 4.00. The van der Waals surface area contributed by atoms with E-state index in [4.69, 9.17) is 4.74 Å². The quantitative estimate of drug-likeness (QED) is 0.768. The molecular weight excluding hydrogens is 200 g/mol. The van der Waals surface area contributed by atoms with Crippen LogP contribution in [0.1, 0.15) is 33.1 Å². The zero-order chi connectivity index (χ0) is 11.4. The molecule has 2 heterocycles. The minimum Gasteiger partial charge on any atom is -0.377 e. The lowest BCUT2D eigenvalue weighted by atomic mass is 9.89. The van der Waals surface area contributed by atoms with E-state index in [-0.39, 0.29) is 0 Å². The Hall–Kier alpha value is -0.120. The molecule has 0 aliphatic carbocycles. The molecular formula is C13H26N2O. The molecule has 2 saturated heterocycles. The number of likely N-dealkylation sites (N-methyl/N-ethyl adjacent to an activating group) is 1. The van der Waals surface area contributed by atoms with Gasteiger partial charge < -0.3 is 15.0 Å². The summed E-state index contributed by atoms with van der Waals surface area (Å²) in [5, 5.41) is 3.48. The van der Waals surface area contributed by atoms with Gasteiger partial charge in [-0.05, 0) is 37.8 Å². The minimum absolute atomic E-state index is 0.481. The second-order valence-electron chi connectivity index (χ2n) is 5.70. The van der Waals surface area contributed by atoms with Gasteiger partial charge in [0.25, 0.3) is 0 Å². The number of rotatable bonds is 5. The largest absolute Gasteiger partial charge is 0.377 e. The van der Waals surface area contributed by atoms with Gasteiger partial charge in [0.2, 0.25) is 0 Å². The predicted octanol–water partition coefficient (Wildman–Crippen LogP) is 1.49. The zero-order valence-electron chi connectivity index (χ0n) is 10.8. The second kappa shape index (κ2) is 5.48. The Morgan fingerprint density at radius 3 is 2.94 bits per heavy atom. The summed E-state index contributed by atoms with van der Waals surface area (Å²) in [4.78, 5) is 2.57. The topological polar surface area (TPSA) is 24.5 Å². The molecule has 3 nitrogen and oxygen atoms in total. The Balaban J connectivity index is 1.79. The number of ether oxygens (including phenoxy) is 1. The molecule has 0 bridgehead atoms. The third-order valence-corrected chi connectivity index (χ3v) is 4.00. The summed E-state index contributed by atoms with van der Waals surface area (Å²) in [6, 6.07) is 0. The number of hydrogen-bond donors (Lipinski definition) is 1. The Morgan fingerprint density at radius 1 is 1.50 bits per heavy atom. The van der Waals surface area contributed by atoms with Crippen molar-refractivity contribution in [2.45, 2.75) is 39.2 Å². The predicted molar refractivity (Wildman–Crippen MR) is 66.7 cm³/mol. The van der Waals surface area contributed by atoms with Crippen molar-refractivity contribution in [3.05, 3.63) is 0 Å². The Kier molecular flexibility index (Phi) is 4.22. The molecule has 2 aliphatic heterocycles. The van der Waals surface area contributed by atoms with Crippen LogP contribution in [0.3, 0.4) is 0 Å². The van der Waals surface area contributed by atoms with Crippen molar-refractivity contribution in [2.24, 2.45) is 5.41 Å². The summed E-state index contributed by atoms with van der Waals surface area (Å²) in [6.45, 7) is 11.5. The monoisotopic (exact) mass is 226 g/mol. The first-order valence-electron chi connectivity index (χ1n) is 6.76. The van der Waals surface area contributed by atoms with Crippen molar-refractivity contribution >= 4 is 0 Å². The van der Waals surface area contributed by atoms with E-state index in [0.717, 1.165) is 19.7 Å². The average molecular weight is 226 g/mol. The molecule has 0 amide bonds. The maximum Gasteiger partial charge on any atom is 0.0702 e. The van der Waals surface area contributed by atoms with Gasteiger partial charge >= 0.3 is 0 Å². The number of nitrogens with zero attached hydrogens (tertiary/aromatic N) is 1. The van der Waals surface area contributed by atoms with Crippen LogP contribution >= 0.6 is 0 Å². The molecule has 2 fully saturated rings. The molecule has 3 heteroatoms. The Labute approximate surface area is 99.5 Å². The fourth-order valence-corrected chi connectivity index (χ4v) is 2.93. The first kappa shape index (κ1) is 12.3. The van der Waals surface area contributed by atoms with Crippen LogP contribution < -0.4 is 5.32 Å². The third kappa shape index (κ3) is 3.19. The van der Waals surface area contributed by atoms with Crippen LogP contribution in [0.15, 0.2) is 0 Å². The summed E-state index contributed by atoms with van der Waals surface area (Å²) < 4.78 is 5.73. The molecule has 2 rings (SSSR count). The fraction of sp³-hybridized carbons (Fsp3) is 1.00. The fourth-order valence-electron chi connectivity index (χ4n) is 2.93. The van der Waals surface area contributed by atoms with E-state index in [1.165, 1.54) is 38.9 Å². The van der Waals surface area contributed by atoms with Crippen molar-refractivity contribution in [2.75, 3.05) is 39.3 Å². The lowest BCUT2D eigenvalue weighted by molar-refractivity contribution is 0.0614. The highest BCUT2D eigenvalue weighted by atomic mass is 16.5. The second-order valence-corrected chi connectivity index (χ2v) is 5.70. The van der Waals surface area contributed by atoms with Gasteiger partial charge in [-0.15, -0.1) is 0 Å². The summed E-state index contributed by atoms with van der Waals surface area (Å²) in [5.41, 5.74) is 0.481. The van der Waals surface area contributed by atoms with E-state index in [1.807, 2.05) is 0 Å². The normalized spacial score (nSPS) is 35.1. The molecule has 0 radical (unpaired) electrons. The molecule has 2 aliphatic rings. The Bertz CT molecular complexity index is 208. The molecule has 0 spiro atoms. The summed E-state index contributed by atoms with van der Waals surface area (Å²) in [6.07, 6.45) is 4.32. The van der Waals surface area contributed by atoms with Crippen LogP contribution in [0, 0.1) is 5.41 Å². The first-order valence-corrected chi connectivity index (χ1v) is 6.76. The van der Waals surface area contributed by atoms with Crippen molar-refractivity contribution in [3.63, 3.8) is 0 Å². The average Bonchev–Trinajstić information content (AvgIpc) is 2.89. The van der Waals surface area contributed by atoms with Crippen LogP contribution in [0.4, 0.5) is 0 Å². The van der Waals surface area contributed by atoms with Crippen LogP contribution in [0.2, 0.25) is 0 Å². The molecule has 0 saturated carbocycles. The molecule has 1 N–H and O–H groups in total. The van der Waals surface area contributed by atoms with Crippen LogP contribution in [0.5, 0.6) is 0 Å². The van der Waals surface area contributed by atoms with Gasteiger partial charge in [0.15, 0.2) is 0 Å². The highest BCUT2D eigenvalue weighted by Crippen LogP contribution is 2.26. The van der Waals surface area contributed by atoms with E-state index >= 15 is 0 Å². The molecule has 16 heavy (non-hydrogen) atoms. The highest BCUT2D eigenvalue weighted by Gasteiger charge is 2.31. The van der Waals surface area contributed by atoms with Crippen LogP contribution in [-0.4, -0.2) is 50.3 Å². The van der Waals surface area contributed by atoms with Gasteiger partial charge in [0.1, 0.15) is 0 Å². The van der Waals surface area contributed by atoms with Crippen LogP contribution in [0.25, 0.3) is 0 Å². The van der Waals surface area contributed by atoms with E-state index in [1.54, 1.807) is 0 Å². The summed E-state index contributed by atoms with van der Waals surface area (Å²) in [5.74, 6) is 0. The van der Waals surface area contributed by atoms with Gasteiger partial charge in [-0.2, -0.15) is 0 Å². The lowest BCUT2D eigenvalue weighted by Gasteiger charge is -2.32. The number of nitrogens with one attached hydrogen (secondary N) is 1. The summed E-state index contributed by atoms with van der Waals surface area (Å²) >= 11 is 0.